The maximum absolute atomic E-state index is 12.3. The highest BCUT2D eigenvalue weighted by Gasteiger charge is 2.64. The first-order valence-corrected chi connectivity index (χ1v) is 6.70. The molecule has 0 saturated heterocycles. The Bertz CT molecular complexity index is 454. The smallest absolute Gasteiger partial charge is 0.184 e. The van der Waals surface area contributed by atoms with Crippen molar-refractivity contribution >= 4 is 9.84 Å². The fraction of sp³-hybridized carbons (Fsp3) is 0.500. The third-order valence-corrected chi connectivity index (χ3v) is 6.88. The molecule has 2 nitrogen and oxygen atoms in total. The van der Waals surface area contributed by atoms with E-state index in [0.717, 1.165) is 0 Å². The summed E-state index contributed by atoms with van der Waals surface area (Å²) >= 11 is 0. The van der Waals surface area contributed by atoms with Crippen LogP contribution in [-0.4, -0.2) is 13.2 Å². The van der Waals surface area contributed by atoms with Crippen molar-refractivity contribution in [2.24, 2.45) is 11.8 Å². The highest BCUT2D eigenvalue weighted by molar-refractivity contribution is 7.93. The molecule has 0 unspecified atom stereocenters. The molecule has 1 aromatic carbocycles. The van der Waals surface area contributed by atoms with Crippen molar-refractivity contribution in [1.82, 2.24) is 0 Å². The van der Waals surface area contributed by atoms with Crippen LogP contribution in [0, 0.1) is 11.8 Å². The van der Waals surface area contributed by atoms with Gasteiger partial charge in [-0.1, -0.05) is 32.0 Å². The maximum Gasteiger partial charge on any atom is 0.184 e. The molecular formula is C12H16O2S. The lowest BCUT2D eigenvalue weighted by Gasteiger charge is -2.12. The average molecular weight is 224 g/mol. The van der Waals surface area contributed by atoms with Crippen molar-refractivity contribution in [3.8, 4) is 0 Å². The normalized spacial score (nSPS) is 35.1. The van der Waals surface area contributed by atoms with Crippen molar-refractivity contribution in [1.29, 1.82) is 0 Å². The van der Waals surface area contributed by atoms with Crippen molar-refractivity contribution in [2.45, 2.75) is 30.4 Å². The Labute approximate surface area is 91.2 Å². The molecule has 0 aromatic heterocycles. The van der Waals surface area contributed by atoms with Gasteiger partial charge in [0.15, 0.2) is 9.84 Å². The number of hydrogen-bond donors (Lipinski definition) is 0. The van der Waals surface area contributed by atoms with Crippen LogP contribution in [0.4, 0.5) is 0 Å². The molecule has 1 aromatic rings. The van der Waals surface area contributed by atoms with Crippen LogP contribution in [0.2, 0.25) is 0 Å². The molecule has 3 atom stereocenters. The molecule has 82 valence electrons. The predicted molar refractivity (Wildman–Crippen MR) is 60.4 cm³/mol. The van der Waals surface area contributed by atoms with E-state index in [1.54, 1.807) is 24.3 Å². The van der Waals surface area contributed by atoms with E-state index in [1.807, 2.05) is 26.8 Å². The van der Waals surface area contributed by atoms with Crippen molar-refractivity contribution < 1.29 is 8.42 Å². The standard InChI is InChI=1S/C12H16O2S/c1-9-10(2)12(9,3)15(13,14)11-7-5-4-6-8-11/h4-10H,1-3H3/t9-,10+,12+. The quantitative estimate of drug-likeness (QED) is 0.773. The van der Waals surface area contributed by atoms with Gasteiger partial charge in [0.2, 0.25) is 0 Å². The number of rotatable bonds is 2. The zero-order chi connectivity index (χ0) is 11.3. The van der Waals surface area contributed by atoms with Gasteiger partial charge in [0.1, 0.15) is 0 Å². The molecule has 0 heterocycles. The van der Waals surface area contributed by atoms with Gasteiger partial charge < -0.3 is 0 Å². The van der Waals surface area contributed by atoms with Crippen LogP contribution in [0.1, 0.15) is 20.8 Å². The largest absolute Gasteiger partial charge is 0.223 e. The Hall–Kier alpha value is -0.830. The van der Waals surface area contributed by atoms with Gasteiger partial charge in [0.25, 0.3) is 0 Å². The second-order valence-corrected chi connectivity index (χ2v) is 6.94. The van der Waals surface area contributed by atoms with E-state index in [2.05, 4.69) is 0 Å². The predicted octanol–water partition coefficient (Wildman–Crippen LogP) is 2.50. The molecule has 1 fully saturated rings. The summed E-state index contributed by atoms with van der Waals surface area (Å²) in [4.78, 5) is 0.448. The van der Waals surface area contributed by atoms with Crippen LogP contribution in [-0.2, 0) is 9.84 Å². The average Bonchev–Trinajstić information content (AvgIpc) is 2.73. The number of sulfone groups is 1. The summed E-state index contributed by atoms with van der Waals surface area (Å²) in [6.45, 7) is 5.86. The van der Waals surface area contributed by atoms with Gasteiger partial charge in [-0.05, 0) is 30.9 Å². The van der Waals surface area contributed by atoms with Crippen LogP contribution in [0.5, 0.6) is 0 Å². The Morgan fingerprint density at radius 2 is 1.53 bits per heavy atom. The summed E-state index contributed by atoms with van der Waals surface area (Å²) in [5.74, 6) is 0.505. The molecule has 0 N–H and O–H groups in total. The van der Waals surface area contributed by atoms with E-state index in [9.17, 15) is 8.42 Å². The highest BCUT2D eigenvalue weighted by Crippen LogP contribution is 2.57. The highest BCUT2D eigenvalue weighted by atomic mass is 32.2. The Morgan fingerprint density at radius 3 is 1.93 bits per heavy atom. The van der Waals surface area contributed by atoms with Gasteiger partial charge in [-0.25, -0.2) is 8.42 Å². The fourth-order valence-corrected chi connectivity index (χ4v) is 4.63. The molecule has 0 aliphatic heterocycles. The Balaban J connectivity index is 2.47. The third-order valence-electron chi connectivity index (χ3n) is 4.08. The molecular weight excluding hydrogens is 208 g/mol. The van der Waals surface area contributed by atoms with Gasteiger partial charge in [-0.2, -0.15) is 0 Å². The summed E-state index contributed by atoms with van der Waals surface area (Å²) in [6, 6.07) is 8.74. The SMILES string of the molecule is C[C@@H]1[C@H](C)[C@@]1(C)S(=O)(=O)c1ccccc1. The van der Waals surface area contributed by atoms with Gasteiger partial charge in [0.05, 0.1) is 9.64 Å². The lowest BCUT2D eigenvalue weighted by atomic mass is 10.4. The third kappa shape index (κ3) is 1.26. The van der Waals surface area contributed by atoms with Crippen molar-refractivity contribution in [3.05, 3.63) is 30.3 Å². The summed E-state index contributed by atoms with van der Waals surface area (Å²) in [5.41, 5.74) is 0. The lowest BCUT2D eigenvalue weighted by molar-refractivity contribution is 0.574. The van der Waals surface area contributed by atoms with E-state index >= 15 is 0 Å². The summed E-state index contributed by atoms with van der Waals surface area (Å²) in [7, 11) is -3.16. The van der Waals surface area contributed by atoms with Gasteiger partial charge in [-0.3, -0.25) is 0 Å². The number of benzene rings is 1. The van der Waals surface area contributed by atoms with Crippen LogP contribution < -0.4 is 0 Å². The van der Waals surface area contributed by atoms with Crippen LogP contribution in [0.3, 0.4) is 0 Å². The molecule has 2 rings (SSSR count). The summed E-state index contributed by atoms with van der Waals surface area (Å²) in [6.07, 6.45) is 0. The first-order chi connectivity index (χ1) is 6.92. The molecule has 1 aliphatic rings. The van der Waals surface area contributed by atoms with E-state index in [4.69, 9.17) is 0 Å². The Kier molecular flexibility index (Phi) is 2.19. The molecule has 0 spiro atoms. The molecule has 3 heteroatoms. The minimum Gasteiger partial charge on any atom is -0.223 e. The monoisotopic (exact) mass is 224 g/mol. The molecule has 0 radical (unpaired) electrons. The molecule has 0 amide bonds. The van der Waals surface area contributed by atoms with Gasteiger partial charge in [-0.15, -0.1) is 0 Å². The first-order valence-electron chi connectivity index (χ1n) is 5.22. The minimum atomic E-state index is -3.16. The zero-order valence-electron chi connectivity index (χ0n) is 9.27. The summed E-state index contributed by atoms with van der Waals surface area (Å²) < 4.78 is 24.1. The molecule has 1 aliphatic carbocycles. The summed E-state index contributed by atoms with van der Waals surface area (Å²) in [5, 5.41) is 0. The maximum atomic E-state index is 12.3. The first kappa shape index (κ1) is 10.7. The zero-order valence-corrected chi connectivity index (χ0v) is 10.1. The van der Waals surface area contributed by atoms with Crippen LogP contribution in [0.15, 0.2) is 35.2 Å². The van der Waals surface area contributed by atoms with E-state index < -0.39 is 14.6 Å². The van der Waals surface area contributed by atoms with Crippen molar-refractivity contribution in [3.63, 3.8) is 0 Å². The molecule has 0 bridgehead atoms. The topological polar surface area (TPSA) is 34.1 Å². The van der Waals surface area contributed by atoms with Crippen LogP contribution in [0.25, 0.3) is 0 Å². The second-order valence-electron chi connectivity index (χ2n) is 4.58. The second kappa shape index (κ2) is 3.08. The number of hydrogen-bond acceptors (Lipinski definition) is 2. The van der Waals surface area contributed by atoms with E-state index in [-0.39, 0.29) is 11.8 Å². The van der Waals surface area contributed by atoms with E-state index in [1.165, 1.54) is 0 Å². The molecule has 15 heavy (non-hydrogen) atoms. The lowest BCUT2D eigenvalue weighted by Crippen LogP contribution is -2.23. The van der Waals surface area contributed by atoms with Crippen LogP contribution >= 0.6 is 0 Å². The van der Waals surface area contributed by atoms with E-state index in [0.29, 0.717) is 4.90 Å². The van der Waals surface area contributed by atoms with Gasteiger partial charge >= 0.3 is 0 Å². The Morgan fingerprint density at radius 1 is 1.07 bits per heavy atom. The fourth-order valence-electron chi connectivity index (χ4n) is 2.29. The van der Waals surface area contributed by atoms with Crippen molar-refractivity contribution in [2.75, 3.05) is 0 Å². The molecule has 1 saturated carbocycles. The van der Waals surface area contributed by atoms with Gasteiger partial charge in [0, 0.05) is 0 Å². The minimum absolute atomic E-state index is 0.253.